The molecule has 32 heavy (non-hydrogen) atoms. The molecule has 4 rings (SSSR count). The van der Waals surface area contributed by atoms with E-state index in [2.05, 4.69) is 71.3 Å². The molecule has 3 aromatic rings. The third-order valence-electron chi connectivity index (χ3n) is 6.09. The Morgan fingerprint density at radius 3 is 2.50 bits per heavy atom. The highest BCUT2D eigenvalue weighted by molar-refractivity contribution is 5.57. The number of anilines is 1. The lowest BCUT2D eigenvalue weighted by atomic mass is 9.86. The minimum Gasteiger partial charge on any atom is -0.419 e. The van der Waals surface area contributed by atoms with Crippen LogP contribution < -0.4 is 5.32 Å². The van der Waals surface area contributed by atoms with Crippen molar-refractivity contribution in [2.45, 2.75) is 51.5 Å². The van der Waals surface area contributed by atoms with Crippen molar-refractivity contribution in [1.82, 2.24) is 14.9 Å². The molecular weight excluding hydrogens is 398 g/mol. The topological polar surface area (TPSA) is 78.0 Å². The quantitative estimate of drug-likeness (QED) is 0.554. The van der Waals surface area contributed by atoms with E-state index in [-0.39, 0.29) is 17.2 Å². The molecular formula is C26H31N5O. The van der Waals surface area contributed by atoms with Crippen molar-refractivity contribution in [1.29, 1.82) is 5.26 Å². The molecule has 166 valence electrons. The number of aromatic nitrogens is 2. The van der Waals surface area contributed by atoms with Crippen LogP contribution in [0.2, 0.25) is 0 Å². The maximum Gasteiger partial charge on any atom is 0.232 e. The first-order valence-electron chi connectivity index (χ1n) is 11.4. The summed E-state index contributed by atoms with van der Waals surface area (Å²) < 4.78 is 5.93. The predicted octanol–water partition coefficient (Wildman–Crippen LogP) is 5.54. The summed E-state index contributed by atoms with van der Waals surface area (Å²) >= 11 is 0. The van der Waals surface area contributed by atoms with Gasteiger partial charge in [-0.25, -0.2) is 0 Å². The van der Waals surface area contributed by atoms with Crippen LogP contribution in [0.15, 0.2) is 53.2 Å². The Morgan fingerprint density at radius 2 is 1.88 bits per heavy atom. The number of hydrogen-bond donors (Lipinski definition) is 1. The number of rotatable bonds is 6. The molecule has 3 heterocycles. The largest absolute Gasteiger partial charge is 0.419 e. The first kappa shape index (κ1) is 22.0. The average molecular weight is 430 g/mol. The zero-order chi connectivity index (χ0) is 22.6. The molecule has 0 saturated carbocycles. The van der Waals surface area contributed by atoms with Gasteiger partial charge in [0.15, 0.2) is 0 Å². The van der Waals surface area contributed by atoms with E-state index >= 15 is 0 Å². The maximum absolute atomic E-state index is 9.58. The van der Waals surface area contributed by atoms with E-state index in [9.17, 15) is 5.26 Å². The molecule has 1 atom stereocenters. The summed E-state index contributed by atoms with van der Waals surface area (Å²) in [5, 5.41) is 13.0. The van der Waals surface area contributed by atoms with Crippen LogP contribution in [0.1, 0.15) is 62.9 Å². The lowest BCUT2D eigenvalue weighted by molar-refractivity contribution is 0.170. The van der Waals surface area contributed by atoms with Crippen LogP contribution in [0.25, 0.3) is 11.5 Å². The molecule has 0 unspecified atom stereocenters. The summed E-state index contributed by atoms with van der Waals surface area (Å²) in [6.45, 7) is 9.51. The second-order valence-corrected chi connectivity index (χ2v) is 9.42. The number of nitrogens with zero attached hydrogens (tertiary/aromatic N) is 4. The minimum atomic E-state index is 0.127. The SMILES string of the molecule is CC(C)(C)c1ccc([C@H](CNc2oc(-c3cccnc3)nc2C#N)N2CCCCC2)cc1. The van der Waals surface area contributed by atoms with Crippen molar-refractivity contribution in [3.8, 4) is 17.5 Å². The van der Waals surface area contributed by atoms with E-state index in [1.807, 2.05) is 12.1 Å². The number of hydrogen-bond acceptors (Lipinski definition) is 6. The van der Waals surface area contributed by atoms with E-state index in [1.54, 1.807) is 12.4 Å². The fourth-order valence-corrected chi connectivity index (χ4v) is 4.21. The van der Waals surface area contributed by atoms with E-state index in [0.29, 0.717) is 18.3 Å². The van der Waals surface area contributed by atoms with Gasteiger partial charge in [-0.05, 0) is 54.6 Å². The standard InChI is InChI=1S/C26H31N5O/c1-26(2,3)21-11-9-19(10-12-21)23(31-14-5-4-6-15-31)18-29-25-22(16-27)30-24(32-25)20-8-7-13-28-17-20/h7-13,17,23,29H,4-6,14-15,18H2,1-3H3/t23-/m0/s1. The van der Waals surface area contributed by atoms with Gasteiger partial charge < -0.3 is 9.73 Å². The Bertz CT molecular complexity index is 1050. The Balaban J connectivity index is 1.57. The van der Waals surface area contributed by atoms with Gasteiger partial charge in [-0.1, -0.05) is 51.5 Å². The minimum absolute atomic E-state index is 0.127. The Hall–Kier alpha value is -3.17. The van der Waals surface area contributed by atoms with E-state index in [0.717, 1.165) is 18.7 Å². The first-order chi connectivity index (χ1) is 15.5. The first-order valence-corrected chi connectivity index (χ1v) is 11.4. The van der Waals surface area contributed by atoms with Crippen molar-refractivity contribution < 1.29 is 4.42 Å². The molecule has 1 saturated heterocycles. The highest BCUT2D eigenvalue weighted by atomic mass is 16.4. The average Bonchev–Trinajstić information content (AvgIpc) is 3.24. The molecule has 1 N–H and O–H groups in total. The van der Waals surface area contributed by atoms with Gasteiger partial charge in [0.25, 0.3) is 0 Å². The van der Waals surface area contributed by atoms with Crippen LogP contribution in [-0.2, 0) is 5.41 Å². The Morgan fingerprint density at radius 1 is 1.12 bits per heavy atom. The van der Waals surface area contributed by atoms with Crippen molar-refractivity contribution in [2.75, 3.05) is 25.0 Å². The molecule has 0 bridgehead atoms. The number of nitriles is 1. The van der Waals surface area contributed by atoms with Crippen LogP contribution in [0, 0.1) is 11.3 Å². The number of likely N-dealkylation sites (tertiary alicyclic amines) is 1. The molecule has 1 aliphatic rings. The van der Waals surface area contributed by atoms with Crippen molar-refractivity contribution in [3.63, 3.8) is 0 Å². The van der Waals surface area contributed by atoms with Gasteiger partial charge in [0.2, 0.25) is 17.5 Å². The molecule has 1 aromatic carbocycles. The summed E-state index contributed by atoms with van der Waals surface area (Å²) in [5.74, 6) is 0.820. The fourth-order valence-electron chi connectivity index (χ4n) is 4.21. The van der Waals surface area contributed by atoms with E-state index < -0.39 is 0 Å². The Labute approximate surface area is 190 Å². The van der Waals surface area contributed by atoms with E-state index in [1.165, 1.54) is 30.4 Å². The van der Waals surface area contributed by atoms with Crippen LogP contribution in [-0.4, -0.2) is 34.5 Å². The lowest BCUT2D eigenvalue weighted by Crippen LogP contribution is -2.37. The van der Waals surface area contributed by atoms with Crippen LogP contribution in [0.5, 0.6) is 0 Å². The number of piperidine rings is 1. The van der Waals surface area contributed by atoms with Crippen LogP contribution in [0.3, 0.4) is 0 Å². The molecule has 0 spiro atoms. The number of benzene rings is 1. The van der Waals surface area contributed by atoms with Crippen molar-refractivity contribution >= 4 is 5.88 Å². The summed E-state index contributed by atoms with van der Waals surface area (Å²) in [6.07, 6.45) is 7.10. The normalized spacial score (nSPS) is 15.8. The van der Waals surface area contributed by atoms with Crippen molar-refractivity contribution in [2.24, 2.45) is 0 Å². The van der Waals surface area contributed by atoms with Gasteiger partial charge >= 0.3 is 0 Å². The number of pyridine rings is 1. The third-order valence-corrected chi connectivity index (χ3v) is 6.09. The molecule has 6 heteroatoms. The van der Waals surface area contributed by atoms with Gasteiger partial charge in [0, 0.05) is 18.9 Å². The summed E-state index contributed by atoms with van der Waals surface area (Å²) in [6, 6.07) is 15.0. The molecule has 0 radical (unpaired) electrons. The molecule has 2 aromatic heterocycles. The maximum atomic E-state index is 9.58. The van der Waals surface area contributed by atoms with Gasteiger partial charge in [-0.3, -0.25) is 9.88 Å². The second-order valence-electron chi connectivity index (χ2n) is 9.42. The van der Waals surface area contributed by atoms with Gasteiger partial charge in [0.05, 0.1) is 11.6 Å². The summed E-state index contributed by atoms with van der Waals surface area (Å²) in [5.41, 5.74) is 3.75. The van der Waals surface area contributed by atoms with E-state index in [4.69, 9.17) is 4.42 Å². The number of nitrogens with one attached hydrogen (secondary N) is 1. The lowest BCUT2D eigenvalue weighted by Gasteiger charge is -2.35. The predicted molar refractivity (Wildman–Crippen MR) is 126 cm³/mol. The van der Waals surface area contributed by atoms with Crippen molar-refractivity contribution in [3.05, 3.63) is 65.6 Å². The van der Waals surface area contributed by atoms with Gasteiger partial charge in [0.1, 0.15) is 6.07 Å². The zero-order valence-electron chi connectivity index (χ0n) is 19.1. The second kappa shape index (κ2) is 9.54. The Kier molecular flexibility index (Phi) is 6.57. The molecule has 0 amide bonds. The summed E-state index contributed by atoms with van der Waals surface area (Å²) in [4.78, 5) is 11.0. The highest BCUT2D eigenvalue weighted by Gasteiger charge is 2.24. The third kappa shape index (κ3) is 5.00. The van der Waals surface area contributed by atoms with Gasteiger partial charge in [-0.2, -0.15) is 10.2 Å². The van der Waals surface area contributed by atoms with Gasteiger partial charge in [-0.15, -0.1) is 0 Å². The molecule has 1 aliphatic heterocycles. The zero-order valence-corrected chi connectivity index (χ0v) is 19.1. The summed E-state index contributed by atoms with van der Waals surface area (Å²) in [7, 11) is 0. The highest BCUT2D eigenvalue weighted by Crippen LogP contribution is 2.30. The van der Waals surface area contributed by atoms with Crippen LogP contribution in [0.4, 0.5) is 5.88 Å². The number of oxazole rings is 1. The molecule has 6 nitrogen and oxygen atoms in total. The molecule has 0 aliphatic carbocycles. The smallest absolute Gasteiger partial charge is 0.232 e. The monoisotopic (exact) mass is 429 g/mol. The fraction of sp³-hybridized carbons (Fsp3) is 0.423. The molecule has 1 fully saturated rings. The van der Waals surface area contributed by atoms with Crippen LogP contribution >= 0.6 is 0 Å².